The highest BCUT2D eigenvalue weighted by molar-refractivity contribution is 6.36. The van der Waals surface area contributed by atoms with Gasteiger partial charge in [-0.3, -0.25) is 23.6 Å². The highest BCUT2D eigenvalue weighted by Crippen LogP contribution is 2.51. The predicted molar refractivity (Wildman–Crippen MR) is 201 cm³/mol. The Morgan fingerprint density at radius 2 is 1.68 bits per heavy atom. The van der Waals surface area contributed by atoms with Gasteiger partial charge in [-0.25, -0.2) is 23.5 Å². The quantitative estimate of drug-likeness (QED) is 0.152. The van der Waals surface area contributed by atoms with Gasteiger partial charge < -0.3 is 14.8 Å². The van der Waals surface area contributed by atoms with E-state index in [2.05, 4.69) is 32.9 Å². The van der Waals surface area contributed by atoms with Crippen molar-refractivity contribution in [2.24, 2.45) is 31.8 Å². The molecule has 1 aliphatic heterocycles. The molecule has 7 rings (SSSR count). The van der Waals surface area contributed by atoms with Crippen LogP contribution in [0.2, 0.25) is 5.02 Å². The fourth-order valence-corrected chi connectivity index (χ4v) is 7.53. The first-order chi connectivity index (χ1) is 25.4. The number of carbonyl (C=O) groups is 1. The Morgan fingerprint density at radius 1 is 1.00 bits per heavy atom. The van der Waals surface area contributed by atoms with Crippen LogP contribution in [0.1, 0.15) is 37.1 Å². The summed E-state index contributed by atoms with van der Waals surface area (Å²) < 4.78 is 39.8. The molecule has 2 unspecified atom stereocenters. The van der Waals surface area contributed by atoms with Crippen LogP contribution in [0.4, 0.5) is 20.3 Å². The van der Waals surface area contributed by atoms with E-state index in [1.54, 1.807) is 26.2 Å². The Balaban J connectivity index is 0.000000902. The van der Waals surface area contributed by atoms with Crippen molar-refractivity contribution in [2.45, 2.75) is 33.7 Å². The molecule has 2 aromatic carbocycles. The fourth-order valence-electron chi connectivity index (χ4n) is 7.20. The largest absolute Gasteiger partial charge is 0.481 e. The van der Waals surface area contributed by atoms with Crippen LogP contribution in [0.3, 0.4) is 0 Å². The number of hydrogen-bond donors (Lipinski definition) is 1. The molecule has 11 nitrogen and oxygen atoms in total. The molecule has 0 bridgehead atoms. The van der Waals surface area contributed by atoms with Gasteiger partial charge in [-0.15, -0.1) is 0 Å². The number of anilines is 2. The number of benzene rings is 2. The molecule has 278 valence electrons. The molecule has 0 spiro atoms. The van der Waals surface area contributed by atoms with E-state index < -0.39 is 23.4 Å². The second-order valence-corrected chi connectivity index (χ2v) is 13.7. The second-order valence-electron chi connectivity index (χ2n) is 13.4. The summed E-state index contributed by atoms with van der Waals surface area (Å²) in [7, 11) is 4.39. The molecule has 1 saturated carbocycles. The molecule has 2 fully saturated rings. The molecule has 0 radical (unpaired) electrons. The number of likely N-dealkylation sites (tertiary alicyclic amines) is 1. The van der Waals surface area contributed by atoms with Gasteiger partial charge in [0.15, 0.2) is 0 Å². The number of piperidine rings is 1. The summed E-state index contributed by atoms with van der Waals surface area (Å²) in [6.07, 6.45) is -2.92. The van der Waals surface area contributed by atoms with Gasteiger partial charge in [0.25, 0.3) is 18.5 Å². The van der Waals surface area contributed by atoms with Crippen molar-refractivity contribution < 1.29 is 23.0 Å². The minimum absolute atomic E-state index is 0.0217. The van der Waals surface area contributed by atoms with E-state index in [-0.39, 0.29) is 16.7 Å². The number of halogens is 3. The number of methoxy groups -OCH3 is 1. The number of alkyl halides is 2. The molecule has 5 aromatic rings. The van der Waals surface area contributed by atoms with Crippen LogP contribution < -0.4 is 21.3 Å². The molecule has 1 N–H and O–H groups in total. The van der Waals surface area contributed by atoms with Crippen LogP contribution in [-0.4, -0.2) is 57.3 Å². The van der Waals surface area contributed by atoms with Crippen molar-refractivity contribution in [3.8, 4) is 28.3 Å². The Labute approximate surface area is 310 Å². The third kappa shape index (κ3) is 7.27. The predicted octanol–water partition coefficient (Wildman–Crippen LogP) is 6.89. The zero-order valence-corrected chi connectivity index (χ0v) is 31.1. The SMILES string of the molecule is CCOC=O.COc1nc(-c2cccc(-c3cccc(Nc4nc(C(F)F)cc5c4c(=O)n(C)c(=O)n5C)c3C)c2Cl)ccc1CN1CC2C(C)C2C1. The molecule has 2 atom stereocenters. The summed E-state index contributed by atoms with van der Waals surface area (Å²) in [6, 6.07) is 16.3. The lowest BCUT2D eigenvalue weighted by Gasteiger charge is -2.20. The molecule has 4 heterocycles. The average Bonchev–Trinajstić information content (AvgIpc) is 3.52. The van der Waals surface area contributed by atoms with Gasteiger partial charge in [-0.05, 0) is 60.9 Å². The molecule has 0 amide bonds. The summed E-state index contributed by atoms with van der Waals surface area (Å²) in [5, 5.41) is 3.62. The van der Waals surface area contributed by atoms with Gasteiger partial charge in [0.1, 0.15) is 16.9 Å². The molecule has 53 heavy (non-hydrogen) atoms. The van der Waals surface area contributed by atoms with Gasteiger partial charge in [0.05, 0.1) is 29.9 Å². The van der Waals surface area contributed by atoms with Gasteiger partial charge in [-0.2, -0.15) is 0 Å². The summed E-state index contributed by atoms with van der Waals surface area (Å²) in [5.74, 6) is 2.94. The Bertz CT molecular complexity index is 2300. The zero-order chi connectivity index (χ0) is 38.1. The number of aromatic nitrogens is 4. The summed E-state index contributed by atoms with van der Waals surface area (Å²) >= 11 is 7.09. The molecule has 1 saturated heterocycles. The van der Waals surface area contributed by atoms with E-state index in [4.69, 9.17) is 21.3 Å². The van der Waals surface area contributed by atoms with E-state index in [0.717, 1.165) is 80.4 Å². The zero-order valence-electron chi connectivity index (χ0n) is 30.3. The smallest absolute Gasteiger partial charge is 0.330 e. The third-order valence-corrected chi connectivity index (χ3v) is 10.7. The van der Waals surface area contributed by atoms with Crippen molar-refractivity contribution in [1.82, 2.24) is 24.0 Å². The standard InChI is InChI=1S/C36H35ClF2N6O3.C3H6O2/c1-18-24-16-45(17-25(18)24)15-20-12-13-27(42-34(20)48-5)23-10-6-9-22(31(23)37)21-8-7-11-26(19(21)2)40-33-30-29(14-28(41-33)32(38)39)43(3)36(47)44(4)35(30)46;1-2-5-3-4/h6-14,18,24-25,32H,15-17H2,1-5H3,(H,40,41);3H,2H2,1H3. The lowest BCUT2D eigenvalue weighted by Crippen LogP contribution is -2.37. The number of ether oxygens (including phenoxy) is 2. The van der Waals surface area contributed by atoms with E-state index in [1.165, 1.54) is 14.1 Å². The number of rotatable bonds is 10. The van der Waals surface area contributed by atoms with Crippen molar-refractivity contribution in [1.29, 1.82) is 0 Å². The Kier molecular flexibility index (Phi) is 11.0. The van der Waals surface area contributed by atoms with E-state index >= 15 is 0 Å². The maximum Gasteiger partial charge on any atom is 0.330 e. The van der Waals surface area contributed by atoms with Crippen LogP contribution in [0, 0.1) is 24.7 Å². The second kappa shape index (κ2) is 15.5. The molecule has 14 heteroatoms. The Hall–Kier alpha value is -5.14. The number of nitrogens with one attached hydrogen (secondary N) is 1. The van der Waals surface area contributed by atoms with Crippen LogP contribution in [0.25, 0.3) is 33.3 Å². The van der Waals surface area contributed by atoms with Gasteiger partial charge >= 0.3 is 5.69 Å². The van der Waals surface area contributed by atoms with E-state index in [9.17, 15) is 23.2 Å². The number of hydrogen-bond acceptors (Lipinski definition) is 9. The third-order valence-electron chi connectivity index (χ3n) is 10.3. The molecular weight excluding hydrogens is 706 g/mol. The normalized spacial score (nSPS) is 17.7. The van der Waals surface area contributed by atoms with E-state index in [0.29, 0.717) is 35.4 Å². The van der Waals surface area contributed by atoms with Crippen LogP contribution in [0.5, 0.6) is 5.88 Å². The number of aryl methyl sites for hydroxylation is 1. The fraction of sp³-hybridized carbons (Fsp3) is 0.359. The Morgan fingerprint density at radius 3 is 2.32 bits per heavy atom. The van der Waals surface area contributed by atoms with Crippen molar-refractivity contribution in [3.05, 3.63) is 97.3 Å². The van der Waals surface area contributed by atoms with Gasteiger partial charge in [0, 0.05) is 56.1 Å². The first-order valence-electron chi connectivity index (χ1n) is 17.3. The number of fused-ring (bicyclic) bond motifs is 2. The van der Waals surface area contributed by atoms with E-state index in [1.807, 2.05) is 37.3 Å². The molecular formula is C39H41ClF2N6O5. The van der Waals surface area contributed by atoms with Crippen LogP contribution in [0.15, 0.2) is 64.2 Å². The minimum atomic E-state index is -2.92. The molecule has 3 aromatic heterocycles. The first-order valence-corrected chi connectivity index (χ1v) is 17.6. The maximum atomic E-state index is 13.9. The highest BCUT2D eigenvalue weighted by atomic mass is 35.5. The lowest BCUT2D eigenvalue weighted by atomic mass is 9.96. The molecule has 2 aliphatic rings. The minimum Gasteiger partial charge on any atom is -0.481 e. The van der Waals surface area contributed by atoms with Gasteiger partial charge in [0.2, 0.25) is 5.88 Å². The number of carbonyl (C=O) groups excluding carboxylic acids is 1. The summed E-state index contributed by atoms with van der Waals surface area (Å²) in [5.41, 5.74) is 3.46. The molecule has 1 aliphatic carbocycles. The van der Waals surface area contributed by atoms with Crippen molar-refractivity contribution in [2.75, 3.05) is 32.1 Å². The number of pyridine rings is 2. The number of nitrogens with zero attached hydrogens (tertiary/aromatic N) is 5. The van der Waals surface area contributed by atoms with Crippen LogP contribution in [-0.2, 0) is 30.2 Å². The average molecular weight is 747 g/mol. The first kappa shape index (κ1) is 37.6. The topological polar surface area (TPSA) is 121 Å². The lowest BCUT2D eigenvalue weighted by molar-refractivity contribution is -0.128. The van der Waals surface area contributed by atoms with Crippen molar-refractivity contribution >= 4 is 40.5 Å². The summed E-state index contributed by atoms with van der Waals surface area (Å²) in [6.45, 7) is 9.87. The summed E-state index contributed by atoms with van der Waals surface area (Å²) in [4.78, 5) is 46.4. The van der Waals surface area contributed by atoms with Crippen LogP contribution >= 0.6 is 11.6 Å². The monoisotopic (exact) mass is 746 g/mol. The van der Waals surface area contributed by atoms with Crippen molar-refractivity contribution in [3.63, 3.8) is 0 Å². The highest BCUT2D eigenvalue weighted by Gasteiger charge is 2.52. The van der Waals surface area contributed by atoms with Gasteiger partial charge in [-0.1, -0.05) is 54.9 Å². The maximum absolute atomic E-state index is 13.9.